The van der Waals surface area contributed by atoms with E-state index in [0.717, 1.165) is 29.0 Å². The molecule has 0 saturated carbocycles. The summed E-state index contributed by atoms with van der Waals surface area (Å²) in [5.74, 6) is 1.82. The molecule has 0 aliphatic rings. The van der Waals surface area contributed by atoms with Crippen molar-refractivity contribution in [3.8, 4) is 0 Å². The van der Waals surface area contributed by atoms with E-state index in [1.165, 1.54) is 5.56 Å². The fraction of sp³-hybridized carbons (Fsp3) is 0.143. The van der Waals surface area contributed by atoms with Crippen molar-refractivity contribution in [2.24, 2.45) is 0 Å². The fourth-order valence-electron chi connectivity index (χ4n) is 3.05. The van der Waals surface area contributed by atoms with Crippen LogP contribution in [0, 0.1) is 0 Å². The summed E-state index contributed by atoms with van der Waals surface area (Å²) < 4.78 is 2.16. The van der Waals surface area contributed by atoms with Crippen LogP contribution in [0.2, 0.25) is 5.15 Å². The zero-order valence-corrected chi connectivity index (χ0v) is 15.3. The van der Waals surface area contributed by atoms with Gasteiger partial charge in [0.15, 0.2) is 0 Å². The van der Waals surface area contributed by atoms with Crippen LogP contribution >= 0.6 is 11.6 Å². The van der Waals surface area contributed by atoms with Gasteiger partial charge >= 0.3 is 0 Å². The van der Waals surface area contributed by atoms with Crippen LogP contribution in [-0.4, -0.2) is 21.6 Å². The smallest absolute Gasteiger partial charge is 0.139 e. The van der Waals surface area contributed by atoms with Gasteiger partial charge in [0.2, 0.25) is 0 Å². The first-order chi connectivity index (χ1) is 12.7. The maximum Gasteiger partial charge on any atom is 0.139 e. The molecule has 0 aliphatic carbocycles. The Morgan fingerprint density at radius 2 is 1.81 bits per heavy atom. The number of imidazole rings is 1. The molecular weight excluding hydrogens is 344 g/mol. The van der Waals surface area contributed by atoms with Crippen LogP contribution < -0.4 is 4.90 Å². The van der Waals surface area contributed by atoms with E-state index in [0.29, 0.717) is 11.7 Å². The van der Waals surface area contributed by atoms with Crippen molar-refractivity contribution in [2.45, 2.75) is 13.1 Å². The second-order valence-electron chi connectivity index (χ2n) is 6.31. The van der Waals surface area contributed by atoms with Gasteiger partial charge in [0, 0.05) is 31.4 Å². The number of nitrogens with zero attached hydrogens (tertiary/aromatic N) is 4. The van der Waals surface area contributed by atoms with Gasteiger partial charge in [-0.25, -0.2) is 9.97 Å². The number of pyridine rings is 1. The minimum atomic E-state index is 0.526. The van der Waals surface area contributed by atoms with Gasteiger partial charge in [0.25, 0.3) is 0 Å². The minimum Gasteiger partial charge on any atom is -0.352 e. The first-order valence-corrected chi connectivity index (χ1v) is 8.89. The van der Waals surface area contributed by atoms with Crippen molar-refractivity contribution >= 4 is 28.2 Å². The third-order valence-electron chi connectivity index (χ3n) is 4.45. The van der Waals surface area contributed by atoms with Crippen LogP contribution in [0.15, 0.2) is 73.1 Å². The van der Waals surface area contributed by atoms with Crippen molar-refractivity contribution in [3.05, 3.63) is 89.6 Å². The zero-order chi connectivity index (χ0) is 17.9. The third-order valence-corrected chi connectivity index (χ3v) is 4.74. The standard InChI is InChI=1S/C21H19ClN4/c1-25(19-13-17-9-5-6-10-18(17)21(22)24-19)15-20-23-11-12-26(20)14-16-7-3-2-4-8-16/h2-13H,14-15H2,1H3. The Bertz CT molecular complexity index is 1030. The first-order valence-electron chi connectivity index (χ1n) is 8.51. The first kappa shape index (κ1) is 16.6. The molecular formula is C21H19ClN4. The van der Waals surface area contributed by atoms with E-state index in [9.17, 15) is 0 Å². The van der Waals surface area contributed by atoms with Crippen LogP contribution in [0.4, 0.5) is 5.82 Å². The Labute approximate surface area is 157 Å². The average molecular weight is 363 g/mol. The van der Waals surface area contributed by atoms with Crippen molar-refractivity contribution in [3.63, 3.8) is 0 Å². The van der Waals surface area contributed by atoms with Crippen LogP contribution in [0.5, 0.6) is 0 Å². The molecule has 2 aromatic heterocycles. The van der Waals surface area contributed by atoms with Crippen LogP contribution in [0.1, 0.15) is 11.4 Å². The van der Waals surface area contributed by atoms with Gasteiger partial charge in [-0.15, -0.1) is 0 Å². The van der Waals surface area contributed by atoms with Crippen molar-refractivity contribution in [1.29, 1.82) is 0 Å². The predicted molar refractivity (Wildman–Crippen MR) is 107 cm³/mol. The molecule has 0 N–H and O–H groups in total. The lowest BCUT2D eigenvalue weighted by Crippen LogP contribution is -2.21. The molecule has 0 atom stereocenters. The number of rotatable bonds is 5. The van der Waals surface area contributed by atoms with Gasteiger partial charge < -0.3 is 9.47 Å². The van der Waals surface area contributed by atoms with E-state index in [2.05, 4.69) is 55.8 Å². The summed E-state index contributed by atoms with van der Waals surface area (Å²) in [6, 6.07) is 20.5. The number of benzene rings is 2. The Kier molecular flexibility index (Phi) is 4.59. The van der Waals surface area contributed by atoms with E-state index < -0.39 is 0 Å². The Hall–Kier alpha value is -2.85. The quantitative estimate of drug-likeness (QED) is 0.479. The number of anilines is 1. The molecule has 2 aromatic carbocycles. The van der Waals surface area contributed by atoms with Crippen molar-refractivity contribution in [1.82, 2.24) is 14.5 Å². The summed E-state index contributed by atoms with van der Waals surface area (Å²) in [4.78, 5) is 11.1. The van der Waals surface area contributed by atoms with Crippen molar-refractivity contribution < 1.29 is 0 Å². The van der Waals surface area contributed by atoms with E-state index in [4.69, 9.17) is 11.6 Å². The molecule has 0 amide bonds. The molecule has 4 nitrogen and oxygen atoms in total. The summed E-state index contributed by atoms with van der Waals surface area (Å²) in [7, 11) is 2.01. The van der Waals surface area contributed by atoms with E-state index in [1.54, 1.807) is 0 Å². The predicted octanol–water partition coefficient (Wildman–Crippen LogP) is 4.77. The lowest BCUT2D eigenvalue weighted by Gasteiger charge is -2.19. The maximum absolute atomic E-state index is 6.37. The molecule has 0 saturated heterocycles. The molecule has 0 aliphatic heterocycles. The molecule has 0 unspecified atom stereocenters. The summed E-state index contributed by atoms with van der Waals surface area (Å²) in [5.41, 5.74) is 1.25. The summed E-state index contributed by atoms with van der Waals surface area (Å²) >= 11 is 6.37. The highest BCUT2D eigenvalue weighted by Crippen LogP contribution is 2.26. The van der Waals surface area contributed by atoms with Gasteiger partial charge in [-0.3, -0.25) is 0 Å². The molecule has 0 spiro atoms. The van der Waals surface area contributed by atoms with E-state index >= 15 is 0 Å². The SMILES string of the molecule is CN(Cc1nccn1Cc1ccccc1)c1cc2ccccc2c(Cl)n1. The topological polar surface area (TPSA) is 34.0 Å². The van der Waals surface area contributed by atoms with Gasteiger partial charge in [-0.05, 0) is 17.0 Å². The van der Waals surface area contributed by atoms with Gasteiger partial charge in [-0.1, -0.05) is 66.2 Å². The number of hydrogen-bond acceptors (Lipinski definition) is 3. The zero-order valence-electron chi connectivity index (χ0n) is 14.5. The largest absolute Gasteiger partial charge is 0.352 e. The van der Waals surface area contributed by atoms with Crippen LogP contribution in [0.3, 0.4) is 0 Å². The fourth-order valence-corrected chi connectivity index (χ4v) is 3.31. The van der Waals surface area contributed by atoms with Crippen LogP contribution in [-0.2, 0) is 13.1 Å². The molecule has 4 rings (SSSR count). The van der Waals surface area contributed by atoms with Crippen molar-refractivity contribution in [2.75, 3.05) is 11.9 Å². The van der Waals surface area contributed by atoms with Gasteiger partial charge in [0.05, 0.1) is 6.54 Å². The summed E-state index contributed by atoms with van der Waals surface area (Å²) in [6.07, 6.45) is 3.85. The minimum absolute atomic E-state index is 0.526. The molecule has 26 heavy (non-hydrogen) atoms. The molecule has 0 bridgehead atoms. The van der Waals surface area contributed by atoms with E-state index in [1.807, 2.05) is 43.7 Å². The number of fused-ring (bicyclic) bond motifs is 1. The average Bonchev–Trinajstić information content (AvgIpc) is 3.09. The molecule has 5 heteroatoms. The van der Waals surface area contributed by atoms with E-state index in [-0.39, 0.29) is 0 Å². The molecule has 0 fully saturated rings. The van der Waals surface area contributed by atoms with Gasteiger partial charge in [0.1, 0.15) is 16.8 Å². The molecule has 4 aromatic rings. The summed E-state index contributed by atoms with van der Waals surface area (Å²) in [5, 5.41) is 2.58. The maximum atomic E-state index is 6.37. The lowest BCUT2D eigenvalue weighted by molar-refractivity contribution is 0.704. The highest BCUT2D eigenvalue weighted by atomic mass is 35.5. The second-order valence-corrected chi connectivity index (χ2v) is 6.66. The molecule has 130 valence electrons. The Morgan fingerprint density at radius 1 is 1.04 bits per heavy atom. The monoisotopic (exact) mass is 362 g/mol. The second kappa shape index (κ2) is 7.18. The highest BCUT2D eigenvalue weighted by Gasteiger charge is 2.11. The number of hydrogen-bond donors (Lipinski definition) is 0. The Morgan fingerprint density at radius 3 is 2.65 bits per heavy atom. The Balaban J connectivity index is 1.57. The lowest BCUT2D eigenvalue weighted by atomic mass is 10.2. The van der Waals surface area contributed by atoms with Crippen LogP contribution in [0.25, 0.3) is 10.8 Å². The number of aromatic nitrogens is 3. The highest BCUT2D eigenvalue weighted by molar-refractivity contribution is 6.34. The summed E-state index contributed by atoms with van der Waals surface area (Å²) in [6.45, 7) is 1.46. The third kappa shape index (κ3) is 3.41. The number of halogens is 1. The normalized spacial score (nSPS) is 11.0. The molecule has 0 radical (unpaired) electrons. The molecule has 2 heterocycles. The van der Waals surface area contributed by atoms with Gasteiger partial charge in [-0.2, -0.15) is 0 Å².